The van der Waals surface area contributed by atoms with E-state index in [1.54, 1.807) is 0 Å². The topological polar surface area (TPSA) is 17.1 Å². The molecule has 0 radical (unpaired) electrons. The van der Waals surface area contributed by atoms with E-state index in [1.807, 2.05) is 18.2 Å². The van der Waals surface area contributed by atoms with Crippen LogP contribution in [0.1, 0.15) is 52.4 Å². The predicted octanol–water partition coefficient (Wildman–Crippen LogP) is 4.85. The van der Waals surface area contributed by atoms with E-state index in [-0.39, 0.29) is 5.78 Å². The molecular formula is C19H22O. The fourth-order valence-corrected chi connectivity index (χ4v) is 2.25. The lowest BCUT2D eigenvalue weighted by molar-refractivity contribution is 0.0993. The molecule has 2 aromatic rings. The van der Waals surface area contributed by atoms with E-state index in [0.29, 0.717) is 12.3 Å². The van der Waals surface area contributed by atoms with Gasteiger partial charge in [-0.05, 0) is 42.0 Å². The number of Topliss-reactive ketones (excluding diaryl/α,β-unsaturated/α-hetero) is 1. The molecule has 1 nitrogen and oxygen atoms in total. The van der Waals surface area contributed by atoms with Crippen molar-refractivity contribution in [3.63, 3.8) is 0 Å². The highest BCUT2D eigenvalue weighted by molar-refractivity contribution is 5.97. The minimum Gasteiger partial charge on any atom is -0.294 e. The van der Waals surface area contributed by atoms with Crippen LogP contribution in [0.25, 0.3) is 0 Å². The molecule has 0 fully saturated rings. The molecule has 0 atom stereocenters. The van der Waals surface area contributed by atoms with Gasteiger partial charge in [-0.2, -0.15) is 0 Å². The second-order valence-corrected chi connectivity index (χ2v) is 5.80. The van der Waals surface area contributed by atoms with Gasteiger partial charge in [-0.15, -0.1) is 0 Å². The molecule has 2 rings (SSSR count). The van der Waals surface area contributed by atoms with Gasteiger partial charge in [0.25, 0.3) is 0 Å². The van der Waals surface area contributed by atoms with E-state index in [4.69, 9.17) is 0 Å². The number of aryl methyl sites for hydroxylation is 2. The summed E-state index contributed by atoms with van der Waals surface area (Å²) in [5, 5.41) is 0. The fraction of sp³-hybridized carbons (Fsp3) is 0.316. The van der Waals surface area contributed by atoms with Crippen molar-refractivity contribution >= 4 is 5.78 Å². The van der Waals surface area contributed by atoms with Crippen LogP contribution in [0.3, 0.4) is 0 Å². The Morgan fingerprint density at radius 2 is 1.60 bits per heavy atom. The quantitative estimate of drug-likeness (QED) is 0.723. The zero-order valence-corrected chi connectivity index (χ0v) is 12.7. The van der Waals surface area contributed by atoms with Crippen molar-refractivity contribution in [3.8, 4) is 0 Å². The number of benzene rings is 2. The molecule has 20 heavy (non-hydrogen) atoms. The molecule has 0 spiro atoms. The van der Waals surface area contributed by atoms with Crippen molar-refractivity contribution in [2.75, 3.05) is 0 Å². The Morgan fingerprint density at radius 3 is 2.15 bits per heavy atom. The molecule has 0 aliphatic heterocycles. The summed E-state index contributed by atoms with van der Waals surface area (Å²) in [5.74, 6) is 0.683. The van der Waals surface area contributed by atoms with Crippen molar-refractivity contribution in [3.05, 3.63) is 70.3 Å². The third-order valence-electron chi connectivity index (χ3n) is 3.84. The van der Waals surface area contributed by atoms with Crippen LogP contribution in [0, 0.1) is 13.8 Å². The summed E-state index contributed by atoms with van der Waals surface area (Å²) < 4.78 is 0. The molecular weight excluding hydrogens is 244 g/mol. The Kier molecular flexibility index (Phi) is 4.39. The Balaban J connectivity index is 2.13. The third kappa shape index (κ3) is 3.36. The van der Waals surface area contributed by atoms with Gasteiger partial charge in [-0.1, -0.05) is 56.3 Å². The van der Waals surface area contributed by atoms with Crippen molar-refractivity contribution in [1.29, 1.82) is 0 Å². The van der Waals surface area contributed by atoms with Gasteiger partial charge in [0, 0.05) is 12.0 Å². The lowest BCUT2D eigenvalue weighted by Crippen LogP contribution is -2.04. The maximum atomic E-state index is 12.3. The summed E-state index contributed by atoms with van der Waals surface area (Å²) in [5.41, 5.74) is 5.67. The normalized spacial score (nSPS) is 10.8. The highest BCUT2D eigenvalue weighted by atomic mass is 16.1. The number of hydrogen-bond donors (Lipinski definition) is 0. The number of carbonyl (C=O) groups is 1. The molecule has 0 aromatic heterocycles. The SMILES string of the molecule is Cc1ccc(CC(=O)c2ccc(C(C)C)cc2)cc1C. The Bertz CT molecular complexity index is 606. The average Bonchev–Trinajstić information content (AvgIpc) is 2.43. The third-order valence-corrected chi connectivity index (χ3v) is 3.84. The molecule has 0 amide bonds. The lowest BCUT2D eigenvalue weighted by Gasteiger charge is -2.07. The summed E-state index contributed by atoms with van der Waals surface area (Å²) in [4.78, 5) is 12.3. The summed E-state index contributed by atoms with van der Waals surface area (Å²) in [6, 6.07) is 14.2. The van der Waals surface area contributed by atoms with E-state index >= 15 is 0 Å². The van der Waals surface area contributed by atoms with Crippen LogP contribution in [-0.2, 0) is 6.42 Å². The minimum atomic E-state index is 0.184. The largest absolute Gasteiger partial charge is 0.294 e. The molecule has 104 valence electrons. The summed E-state index contributed by atoms with van der Waals surface area (Å²) in [7, 11) is 0. The van der Waals surface area contributed by atoms with Crippen molar-refractivity contribution in [2.24, 2.45) is 0 Å². The zero-order valence-electron chi connectivity index (χ0n) is 12.7. The summed E-state index contributed by atoms with van der Waals surface area (Å²) in [6.45, 7) is 8.49. The van der Waals surface area contributed by atoms with E-state index in [9.17, 15) is 4.79 Å². The smallest absolute Gasteiger partial charge is 0.167 e. The zero-order chi connectivity index (χ0) is 14.7. The highest BCUT2D eigenvalue weighted by Gasteiger charge is 2.08. The van der Waals surface area contributed by atoms with Crippen LogP contribution in [-0.4, -0.2) is 5.78 Å². The molecule has 2 aromatic carbocycles. The molecule has 0 aliphatic rings. The van der Waals surface area contributed by atoms with Gasteiger partial charge in [-0.25, -0.2) is 0 Å². The number of rotatable bonds is 4. The Labute approximate surface area is 121 Å². The molecule has 0 bridgehead atoms. The highest BCUT2D eigenvalue weighted by Crippen LogP contribution is 2.17. The van der Waals surface area contributed by atoms with Gasteiger partial charge in [-0.3, -0.25) is 4.79 Å². The summed E-state index contributed by atoms with van der Waals surface area (Å²) >= 11 is 0. The van der Waals surface area contributed by atoms with Gasteiger partial charge in [0.1, 0.15) is 0 Å². The monoisotopic (exact) mass is 266 g/mol. The predicted molar refractivity (Wildman–Crippen MR) is 84.5 cm³/mol. The van der Waals surface area contributed by atoms with Crippen LogP contribution in [0.2, 0.25) is 0 Å². The van der Waals surface area contributed by atoms with Crippen molar-refractivity contribution in [2.45, 2.75) is 40.0 Å². The maximum Gasteiger partial charge on any atom is 0.167 e. The molecule has 0 unspecified atom stereocenters. The average molecular weight is 266 g/mol. The Hall–Kier alpha value is -1.89. The molecule has 1 heteroatoms. The first kappa shape index (κ1) is 14.5. The molecule has 0 saturated carbocycles. The van der Waals surface area contributed by atoms with Crippen LogP contribution in [0.15, 0.2) is 42.5 Å². The first-order chi connectivity index (χ1) is 9.47. The molecule has 0 heterocycles. The number of carbonyl (C=O) groups excluding carboxylic acids is 1. The second-order valence-electron chi connectivity index (χ2n) is 5.80. The van der Waals surface area contributed by atoms with Gasteiger partial charge in [0.15, 0.2) is 5.78 Å². The van der Waals surface area contributed by atoms with Crippen molar-refractivity contribution < 1.29 is 4.79 Å². The van der Waals surface area contributed by atoms with Crippen LogP contribution < -0.4 is 0 Å². The second kappa shape index (κ2) is 6.04. The van der Waals surface area contributed by atoms with E-state index in [1.165, 1.54) is 16.7 Å². The van der Waals surface area contributed by atoms with E-state index in [0.717, 1.165) is 11.1 Å². The first-order valence-electron chi connectivity index (χ1n) is 7.16. The van der Waals surface area contributed by atoms with Crippen LogP contribution in [0.4, 0.5) is 0 Å². The molecule has 0 N–H and O–H groups in total. The first-order valence-corrected chi connectivity index (χ1v) is 7.16. The van der Waals surface area contributed by atoms with E-state index in [2.05, 4.69) is 52.0 Å². The van der Waals surface area contributed by atoms with Gasteiger partial charge < -0.3 is 0 Å². The molecule has 0 saturated heterocycles. The number of hydrogen-bond acceptors (Lipinski definition) is 1. The fourth-order valence-electron chi connectivity index (χ4n) is 2.25. The summed E-state index contributed by atoms with van der Waals surface area (Å²) in [6.07, 6.45) is 0.474. The van der Waals surface area contributed by atoms with Gasteiger partial charge in [0.2, 0.25) is 0 Å². The Morgan fingerprint density at radius 1 is 0.950 bits per heavy atom. The standard InChI is InChI=1S/C19H22O/c1-13(2)17-7-9-18(10-8-17)19(20)12-16-6-5-14(3)15(4)11-16/h5-11,13H,12H2,1-4H3. The van der Waals surface area contributed by atoms with Crippen molar-refractivity contribution in [1.82, 2.24) is 0 Å². The van der Waals surface area contributed by atoms with Crippen LogP contribution in [0.5, 0.6) is 0 Å². The number of ketones is 1. The lowest BCUT2D eigenvalue weighted by atomic mass is 9.97. The van der Waals surface area contributed by atoms with E-state index < -0.39 is 0 Å². The maximum absolute atomic E-state index is 12.3. The molecule has 0 aliphatic carbocycles. The van der Waals surface area contributed by atoms with Gasteiger partial charge >= 0.3 is 0 Å². The minimum absolute atomic E-state index is 0.184. The van der Waals surface area contributed by atoms with Gasteiger partial charge in [0.05, 0.1) is 0 Å². The van der Waals surface area contributed by atoms with Crippen LogP contribution >= 0.6 is 0 Å².